The molecule has 0 bridgehead atoms. The molecule has 0 amide bonds. The molecule has 0 radical (unpaired) electrons. The van der Waals surface area contributed by atoms with Gasteiger partial charge in [-0.15, -0.1) is 0 Å². The van der Waals surface area contributed by atoms with E-state index in [1.807, 2.05) is 6.07 Å². The fourth-order valence-corrected chi connectivity index (χ4v) is 3.23. The summed E-state index contributed by atoms with van der Waals surface area (Å²) in [6, 6.07) is 6.85. The van der Waals surface area contributed by atoms with Gasteiger partial charge in [-0.25, -0.2) is 4.79 Å². The van der Waals surface area contributed by atoms with Crippen LogP contribution < -0.4 is 5.73 Å². The molecule has 6 heteroatoms. The van der Waals surface area contributed by atoms with E-state index in [4.69, 9.17) is 27.3 Å². The third-order valence-electron chi connectivity index (χ3n) is 3.91. The van der Waals surface area contributed by atoms with E-state index in [9.17, 15) is 4.79 Å². The number of hydrogen-bond acceptors (Lipinski definition) is 5. The highest BCUT2D eigenvalue weighted by Gasteiger charge is 2.51. The van der Waals surface area contributed by atoms with E-state index >= 15 is 0 Å². The van der Waals surface area contributed by atoms with Gasteiger partial charge in [0.1, 0.15) is 0 Å². The van der Waals surface area contributed by atoms with Gasteiger partial charge in [-0.3, -0.25) is 0 Å². The molecule has 5 nitrogen and oxygen atoms in total. The van der Waals surface area contributed by atoms with Gasteiger partial charge >= 0.3 is 5.97 Å². The van der Waals surface area contributed by atoms with Gasteiger partial charge in [0, 0.05) is 22.5 Å². The Morgan fingerprint density at radius 2 is 2.36 bits per heavy atom. The third-order valence-corrected chi connectivity index (χ3v) is 4.22. The van der Waals surface area contributed by atoms with Gasteiger partial charge in [-0.05, 0) is 31.2 Å². The molecule has 1 atom stereocenters. The number of ether oxygens (including phenoxy) is 1. The van der Waals surface area contributed by atoms with Crippen molar-refractivity contribution in [1.82, 2.24) is 4.90 Å². The predicted molar refractivity (Wildman–Crippen MR) is 83.4 cm³/mol. The van der Waals surface area contributed by atoms with Gasteiger partial charge in [-0.1, -0.05) is 24.2 Å². The van der Waals surface area contributed by atoms with Gasteiger partial charge < -0.3 is 15.4 Å². The molecule has 1 saturated heterocycles. The number of allylic oxidation sites excluding steroid dienone is 1. The van der Waals surface area contributed by atoms with Gasteiger partial charge in [0.2, 0.25) is 0 Å². The van der Waals surface area contributed by atoms with Crippen molar-refractivity contribution in [2.24, 2.45) is 5.73 Å². The van der Waals surface area contributed by atoms with Crippen molar-refractivity contribution >= 4 is 17.6 Å². The first-order valence-corrected chi connectivity index (χ1v) is 7.04. The molecular formula is C16H16ClN3O2. The summed E-state index contributed by atoms with van der Waals surface area (Å²) in [5.41, 5.74) is 6.28. The van der Waals surface area contributed by atoms with Crippen LogP contribution in [-0.4, -0.2) is 18.0 Å². The molecule has 22 heavy (non-hydrogen) atoms. The molecule has 1 aromatic rings. The molecule has 1 fully saturated rings. The largest absolute Gasteiger partial charge is 0.467 e. The maximum Gasteiger partial charge on any atom is 0.336 e. The lowest BCUT2D eigenvalue weighted by Crippen LogP contribution is -2.45. The van der Waals surface area contributed by atoms with Crippen LogP contribution >= 0.6 is 11.6 Å². The van der Waals surface area contributed by atoms with Crippen LogP contribution in [0.4, 0.5) is 0 Å². The maximum absolute atomic E-state index is 12.6. The lowest BCUT2D eigenvalue weighted by Gasteiger charge is -2.36. The van der Waals surface area contributed by atoms with Crippen molar-refractivity contribution < 1.29 is 9.53 Å². The SMILES string of the molecule is C=CN1/C(=C\N)CCC1(C(=O)OC)c1ccc(C#N)cc1Cl. The fourth-order valence-electron chi connectivity index (χ4n) is 2.90. The summed E-state index contributed by atoms with van der Waals surface area (Å²) < 4.78 is 5.01. The average molecular weight is 318 g/mol. The maximum atomic E-state index is 12.6. The number of benzene rings is 1. The normalized spacial score (nSPS) is 22.4. The Bertz CT molecular complexity index is 693. The van der Waals surface area contributed by atoms with E-state index in [-0.39, 0.29) is 0 Å². The number of carbonyl (C=O) groups is 1. The molecule has 0 aliphatic carbocycles. The van der Waals surface area contributed by atoms with Crippen molar-refractivity contribution in [1.29, 1.82) is 5.26 Å². The number of nitrogens with zero attached hydrogens (tertiary/aromatic N) is 2. The number of rotatable bonds is 3. The Hall–Kier alpha value is -2.45. The van der Waals surface area contributed by atoms with Crippen molar-refractivity contribution in [2.45, 2.75) is 18.4 Å². The molecule has 1 aliphatic rings. The summed E-state index contributed by atoms with van der Waals surface area (Å²) in [5.74, 6) is -0.448. The molecule has 114 valence electrons. The second-order valence-electron chi connectivity index (χ2n) is 4.87. The average Bonchev–Trinajstić information content (AvgIpc) is 2.92. The zero-order chi connectivity index (χ0) is 16.3. The van der Waals surface area contributed by atoms with E-state index in [1.165, 1.54) is 25.6 Å². The van der Waals surface area contributed by atoms with Crippen LogP contribution in [0.25, 0.3) is 0 Å². The summed E-state index contributed by atoms with van der Waals surface area (Å²) in [6.45, 7) is 3.77. The first-order valence-electron chi connectivity index (χ1n) is 6.66. The minimum Gasteiger partial charge on any atom is -0.467 e. The quantitative estimate of drug-likeness (QED) is 0.867. The molecule has 2 N–H and O–H groups in total. The number of esters is 1. The van der Waals surface area contributed by atoms with Crippen LogP contribution in [0, 0.1) is 11.3 Å². The van der Waals surface area contributed by atoms with Crippen LogP contribution in [0.15, 0.2) is 42.9 Å². The van der Waals surface area contributed by atoms with Gasteiger partial charge in [0.05, 0.1) is 18.7 Å². The Morgan fingerprint density at radius 3 is 2.86 bits per heavy atom. The molecular weight excluding hydrogens is 302 g/mol. The van der Waals surface area contributed by atoms with E-state index in [2.05, 4.69) is 6.58 Å². The molecule has 1 unspecified atom stereocenters. The topological polar surface area (TPSA) is 79.3 Å². The van der Waals surface area contributed by atoms with Crippen LogP contribution in [0.5, 0.6) is 0 Å². The molecule has 2 rings (SSSR count). The minimum absolute atomic E-state index is 0.328. The molecule has 1 aromatic carbocycles. The van der Waals surface area contributed by atoms with Crippen LogP contribution in [0.3, 0.4) is 0 Å². The third kappa shape index (κ3) is 2.22. The van der Waals surface area contributed by atoms with Crippen LogP contribution in [0.1, 0.15) is 24.0 Å². The summed E-state index contributed by atoms with van der Waals surface area (Å²) in [5, 5.41) is 9.29. The highest BCUT2D eigenvalue weighted by molar-refractivity contribution is 6.31. The van der Waals surface area contributed by atoms with E-state index in [1.54, 1.807) is 17.0 Å². The van der Waals surface area contributed by atoms with Gasteiger partial charge in [0.25, 0.3) is 0 Å². The molecule has 0 spiro atoms. The Kier molecular flexibility index (Phi) is 4.43. The number of carbonyl (C=O) groups excluding carboxylic acids is 1. The Morgan fingerprint density at radius 1 is 1.64 bits per heavy atom. The lowest BCUT2D eigenvalue weighted by atomic mass is 9.86. The van der Waals surface area contributed by atoms with E-state index in [0.29, 0.717) is 29.0 Å². The number of nitriles is 1. The van der Waals surface area contributed by atoms with Crippen molar-refractivity contribution in [3.05, 3.63) is 59.0 Å². The highest BCUT2D eigenvalue weighted by Crippen LogP contribution is 2.47. The number of methoxy groups -OCH3 is 1. The zero-order valence-corrected chi connectivity index (χ0v) is 12.9. The smallest absolute Gasteiger partial charge is 0.336 e. The van der Waals surface area contributed by atoms with Gasteiger partial charge in [-0.2, -0.15) is 5.26 Å². The standard InChI is InChI=1S/C16H16ClN3O2/c1-3-20-12(10-19)6-7-16(20,15(21)22-2)13-5-4-11(9-18)8-14(13)17/h3-5,8,10H,1,6-7,19H2,2H3/b12-10-. The summed E-state index contributed by atoms with van der Waals surface area (Å²) >= 11 is 6.32. The predicted octanol–water partition coefficient (Wildman–Crippen LogP) is 2.62. The number of nitrogens with two attached hydrogens (primary N) is 1. The summed E-state index contributed by atoms with van der Waals surface area (Å²) in [6.07, 6.45) is 4.04. The van der Waals surface area contributed by atoms with Crippen molar-refractivity contribution in [2.75, 3.05) is 7.11 Å². The second-order valence-corrected chi connectivity index (χ2v) is 5.28. The summed E-state index contributed by atoms with van der Waals surface area (Å²) in [7, 11) is 1.33. The fraction of sp³-hybridized carbons (Fsp3) is 0.250. The van der Waals surface area contributed by atoms with Crippen LogP contribution in [0.2, 0.25) is 5.02 Å². The highest BCUT2D eigenvalue weighted by atomic mass is 35.5. The number of hydrogen-bond donors (Lipinski definition) is 1. The second kappa shape index (κ2) is 6.12. The minimum atomic E-state index is -1.12. The summed E-state index contributed by atoms with van der Waals surface area (Å²) in [4.78, 5) is 14.3. The Balaban J connectivity index is 2.69. The molecule has 0 aromatic heterocycles. The monoisotopic (exact) mass is 317 g/mol. The van der Waals surface area contributed by atoms with E-state index in [0.717, 1.165) is 5.70 Å². The molecule has 0 saturated carbocycles. The van der Waals surface area contributed by atoms with Crippen LogP contribution in [-0.2, 0) is 15.1 Å². The van der Waals surface area contributed by atoms with E-state index < -0.39 is 11.5 Å². The van der Waals surface area contributed by atoms with Crippen molar-refractivity contribution in [3.8, 4) is 6.07 Å². The van der Waals surface area contributed by atoms with Crippen molar-refractivity contribution in [3.63, 3.8) is 0 Å². The lowest BCUT2D eigenvalue weighted by molar-refractivity contribution is -0.152. The number of halogens is 1. The zero-order valence-electron chi connectivity index (χ0n) is 12.2. The molecule has 1 heterocycles. The molecule has 1 aliphatic heterocycles. The van der Waals surface area contributed by atoms with Gasteiger partial charge in [0.15, 0.2) is 5.54 Å². The number of likely N-dealkylation sites (tertiary alicyclic amines) is 1. The first-order chi connectivity index (χ1) is 10.5. The first kappa shape index (κ1) is 15.9. The Labute approximate surface area is 134 Å².